The fourth-order valence-corrected chi connectivity index (χ4v) is 4.29. The molecule has 0 saturated carbocycles. The molecule has 0 radical (unpaired) electrons. The molecule has 5 aromatic rings. The summed E-state index contributed by atoms with van der Waals surface area (Å²) in [5.41, 5.74) is 3.13. The molecule has 3 heterocycles. The van der Waals surface area contributed by atoms with E-state index in [-0.39, 0.29) is 23.8 Å². The summed E-state index contributed by atoms with van der Waals surface area (Å²) in [7, 11) is 1.66. The molecule has 0 amide bonds. The van der Waals surface area contributed by atoms with E-state index in [9.17, 15) is 9.59 Å². The Bertz CT molecular complexity index is 1520. The van der Waals surface area contributed by atoms with E-state index in [4.69, 9.17) is 4.98 Å². The molecule has 0 unspecified atom stereocenters. The standard InChI is InChI=1S/C24H23N5O2/c1-16-14-27-20-21(25-23(27)29(16)17(2)19-12-8-5-9-13-19)26(3)24(31)28(22(20)30)15-18-10-6-4-7-11-18/h4-14,17H,15H2,1-3H3/t17-/m1/s1. The topological polar surface area (TPSA) is 66.2 Å². The molecule has 0 fully saturated rings. The summed E-state index contributed by atoms with van der Waals surface area (Å²) in [6.07, 6.45) is 1.92. The van der Waals surface area contributed by atoms with Gasteiger partial charge >= 0.3 is 5.69 Å². The fourth-order valence-electron chi connectivity index (χ4n) is 4.29. The van der Waals surface area contributed by atoms with Crippen molar-refractivity contribution in [1.29, 1.82) is 0 Å². The third kappa shape index (κ3) is 2.92. The van der Waals surface area contributed by atoms with Gasteiger partial charge in [-0.15, -0.1) is 0 Å². The number of rotatable bonds is 4. The first-order chi connectivity index (χ1) is 15.0. The molecule has 5 rings (SSSR count). The molecule has 156 valence electrons. The summed E-state index contributed by atoms with van der Waals surface area (Å²) in [6.45, 7) is 4.33. The van der Waals surface area contributed by atoms with Gasteiger partial charge in [0.2, 0.25) is 5.78 Å². The van der Waals surface area contributed by atoms with Gasteiger partial charge in [0.25, 0.3) is 5.56 Å². The molecule has 0 aliphatic heterocycles. The highest BCUT2D eigenvalue weighted by atomic mass is 16.2. The monoisotopic (exact) mass is 413 g/mol. The van der Waals surface area contributed by atoms with Crippen LogP contribution in [0.3, 0.4) is 0 Å². The van der Waals surface area contributed by atoms with E-state index < -0.39 is 0 Å². The number of fused-ring (bicyclic) bond motifs is 3. The predicted octanol–water partition coefficient (Wildman–Crippen LogP) is 3.12. The molecule has 3 aromatic heterocycles. The second-order valence-corrected chi connectivity index (χ2v) is 7.90. The number of benzene rings is 2. The SMILES string of the molecule is Cc1cn2c3c(=O)n(Cc4ccccc4)c(=O)n(C)c3nc2n1[C@H](C)c1ccccc1. The third-order valence-corrected chi connectivity index (χ3v) is 5.92. The fraction of sp³-hybridized carbons (Fsp3) is 0.208. The van der Waals surface area contributed by atoms with Gasteiger partial charge in [0.15, 0.2) is 11.2 Å². The van der Waals surface area contributed by atoms with Crippen LogP contribution in [0.2, 0.25) is 0 Å². The minimum absolute atomic E-state index is 0.0269. The van der Waals surface area contributed by atoms with Crippen molar-refractivity contribution in [3.63, 3.8) is 0 Å². The van der Waals surface area contributed by atoms with Crippen molar-refractivity contribution in [2.75, 3.05) is 0 Å². The summed E-state index contributed by atoms with van der Waals surface area (Å²) in [6, 6.07) is 19.7. The predicted molar refractivity (Wildman–Crippen MR) is 121 cm³/mol. The quantitative estimate of drug-likeness (QED) is 0.455. The molecule has 0 aliphatic rings. The number of imidazole rings is 2. The molecule has 1 atom stereocenters. The highest BCUT2D eigenvalue weighted by molar-refractivity contribution is 5.75. The molecular weight excluding hydrogens is 390 g/mol. The highest BCUT2D eigenvalue weighted by Crippen LogP contribution is 2.25. The van der Waals surface area contributed by atoms with Crippen LogP contribution >= 0.6 is 0 Å². The molecule has 0 bridgehead atoms. The number of nitrogens with zero attached hydrogens (tertiary/aromatic N) is 5. The lowest BCUT2D eigenvalue weighted by Gasteiger charge is -2.16. The van der Waals surface area contributed by atoms with Crippen LogP contribution in [0.1, 0.15) is 29.8 Å². The van der Waals surface area contributed by atoms with Gasteiger partial charge in [-0.1, -0.05) is 60.7 Å². The maximum Gasteiger partial charge on any atom is 0.332 e. The van der Waals surface area contributed by atoms with Crippen molar-refractivity contribution >= 4 is 16.9 Å². The number of hydrogen-bond acceptors (Lipinski definition) is 3. The van der Waals surface area contributed by atoms with Crippen LogP contribution < -0.4 is 11.2 Å². The third-order valence-electron chi connectivity index (χ3n) is 5.92. The maximum atomic E-state index is 13.4. The second-order valence-electron chi connectivity index (χ2n) is 7.90. The molecular formula is C24H23N5O2. The van der Waals surface area contributed by atoms with E-state index in [0.29, 0.717) is 16.9 Å². The Morgan fingerprint density at radius 2 is 1.61 bits per heavy atom. The zero-order valence-corrected chi connectivity index (χ0v) is 17.7. The van der Waals surface area contributed by atoms with Gasteiger partial charge in [-0.3, -0.25) is 18.3 Å². The van der Waals surface area contributed by atoms with Gasteiger partial charge in [-0.25, -0.2) is 4.79 Å². The van der Waals surface area contributed by atoms with E-state index in [2.05, 4.69) is 23.6 Å². The maximum absolute atomic E-state index is 13.4. The molecule has 0 aliphatic carbocycles. The first kappa shape index (κ1) is 19.1. The van der Waals surface area contributed by atoms with E-state index >= 15 is 0 Å². The Hall–Kier alpha value is -3.87. The average Bonchev–Trinajstić information content (AvgIpc) is 3.30. The van der Waals surface area contributed by atoms with Gasteiger partial charge in [0.1, 0.15) is 0 Å². The Balaban J connectivity index is 1.76. The van der Waals surface area contributed by atoms with Gasteiger partial charge < -0.3 is 4.57 Å². The summed E-state index contributed by atoms with van der Waals surface area (Å²) in [4.78, 5) is 31.1. The summed E-state index contributed by atoms with van der Waals surface area (Å²) in [5, 5.41) is 0. The lowest BCUT2D eigenvalue weighted by molar-refractivity contribution is 0.638. The van der Waals surface area contributed by atoms with Gasteiger partial charge in [0.05, 0.1) is 12.6 Å². The lowest BCUT2D eigenvalue weighted by Crippen LogP contribution is -2.39. The van der Waals surface area contributed by atoms with Crippen LogP contribution in [0.5, 0.6) is 0 Å². The van der Waals surface area contributed by atoms with Crippen molar-refractivity contribution in [2.45, 2.75) is 26.4 Å². The number of aryl methyl sites for hydroxylation is 2. The smallest absolute Gasteiger partial charge is 0.307 e. The van der Waals surface area contributed by atoms with Crippen molar-refractivity contribution in [1.82, 2.24) is 23.1 Å². The van der Waals surface area contributed by atoms with Crippen LogP contribution in [0.4, 0.5) is 0 Å². The lowest BCUT2D eigenvalue weighted by atomic mass is 10.1. The Labute approximate surface area is 178 Å². The van der Waals surface area contributed by atoms with E-state index in [1.807, 2.05) is 66.1 Å². The normalized spacial score (nSPS) is 12.6. The van der Waals surface area contributed by atoms with Crippen molar-refractivity contribution in [3.8, 4) is 0 Å². The van der Waals surface area contributed by atoms with Crippen LogP contribution in [-0.4, -0.2) is 23.1 Å². The van der Waals surface area contributed by atoms with Gasteiger partial charge in [-0.05, 0) is 25.0 Å². The molecule has 0 saturated heterocycles. The molecule has 31 heavy (non-hydrogen) atoms. The van der Waals surface area contributed by atoms with Crippen LogP contribution in [0, 0.1) is 6.92 Å². The largest absolute Gasteiger partial charge is 0.332 e. The average molecular weight is 413 g/mol. The minimum atomic E-state index is -0.374. The second kappa shape index (κ2) is 7.12. The van der Waals surface area contributed by atoms with Crippen molar-refractivity contribution in [3.05, 3.63) is 105 Å². The highest BCUT2D eigenvalue weighted by Gasteiger charge is 2.22. The molecule has 7 heteroatoms. The minimum Gasteiger partial charge on any atom is -0.307 e. The van der Waals surface area contributed by atoms with Crippen LogP contribution in [0.25, 0.3) is 16.9 Å². The van der Waals surface area contributed by atoms with E-state index in [0.717, 1.165) is 16.8 Å². The van der Waals surface area contributed by atoms with Crippen LogP contribution in [-0.2, 0) is 13.6 Å². The van der Waals surface area contributed by atoms with Gasteiger partial charge in [-0.2, -0.15) is 4.98 Å². The first-order valence-corrected chi connectivity index (χ1v) is 10.3. The number of hydrogen-bond donors (Lipinski definition) is 0. The van der Waals surface area contributed by atoms with Crippen LogP contribution in [0.15, 0.2) is 76.4 Å². The van der Waals surface area contributed by atoms with Crippen molar-refractivity contribution < 1.29 is 0 Å². The molecule has 0 spiro atoms. The Kier molecular flexibility index (Phi) is 4.39. The molecule has 2 aromatic carbocycles. The molecule has 0 N–H and O–H groups in total. The van der Waals surface area contributed by atoms with E-state index in [1.165, 1.54) is 9.13 Å². The van der Waals surface area contributed by atoms with Crippen molar-refractivity contribution in [2.24, 2.45) is 7.05 Å². The Morgan fingerprint density at radius 3 is 2.29 bits per heavy atom. The van der Waals surface area contributed by atoms with Gasteiger partial charge in [0, 0.05) is 18.9 Å². The Morgan fingerprint density at radius 1 is 0.968 bits per heavy atom. The summed E-state index contributed by atoms with van der Waals surface area (Å²) < 4.78 is 6.65. The first-order valence-electron chi connectivity index (χ1n) is 10.3. The summed E-state index contributed by atoms with van der Waals surface area (Å²) >= 11 is 0. The zero-order valence-electron chi connectivity index (χ0n) is 17.7. The zero-order chi connectivity index (χ0) is 21.7. The van der Waals surface area contributed by atoms with E-state index in [1.54, 1.807) is 7.05 Å². The number of aromatic nitrogens is 5. The molecule has 7 nitrogen and oxygen atoms in total. The summed E-state index contributed by atoms with van der Waals surface area (Å²) in [5.74, 6) is 0.647.